The van der Waals surface area contributed by atoms with Crippen molar-refractivity contribution >= 4 is 17.6 Å². The molecule has 0 saturated heterocycles. The highest BCUT2D eigenvalue weighted by Crippen LogP contribution is 2.29. The molecule has 24 heavy (non-hydrogen) atoms. The van der Waals surface area contributed by atoms with E-state index < -0.39 is 12.6 Å². The molecule has 0 atom stereocenters. The van der Waals surface area contributed by atoms with E-state index in [1.807, 2.05) is 19.1 Å². The summed E-state index contributed by atoms with van der Waals surface area (Å²) in [7, 11) is 0. The van der Waals surface area contributed by atoms with E-state index in [0.29, 0.717) is 17.9 Å². The van der Waals surface area contributed by atoms with Crippen LogP contribution in [0.2, 0.25) is 0 Å². The van der Waals surface area contributed by atoms with Crippen LogP contribution in [0.4, 0.5) is 5.69 Å². The van der Waals surface area contributed by atoms with Gasteiger partial charge in [-0.25, -0.2) is 4.79 Å². The Balaban J connectivity index is 1.85. The van der Waals surface area contributed by atoms with Gasteiger partial charge in [0.15, 0.2) is 6.61 Å². The molecule has 0 bridgehead atoms. The van der Waals surface area contributed by atoms with Gasteiger partial charge in [0.1, 0.15) is 5.75 Å². The lowest BCUT2D eigenvalue weighted by molar-refractivity contribution is -0.139. The number of anilines is 1. The summed E-state index contributed by atoms with van der Waals surface area (Å²) in [5.74, 6) is -0.767. The Kier molecular flexibility index (Phi) is 4.51. The molecule has 0 fully saturated rings. The van der Waals surface area contributed by atoms with E-state index >= 15 is 0 Å². The molecule has 0 radical (unpaired) electrons. The van der Waals surface area contributed by atoms with E-state index in [4.69, 9.17) is 9.84 Å². The Morgan fingerprint density at radius 3 is 2.83 bits per heavy atom. The number of benzene rings is 2. The average molecular weight is 325 g/mol. The van der Waals surface area contributed by atoms with Crippen LogP contribution in [0.25, 0.3) is 0 Å². The monoisotopic (exact) mass is 325 g/mol. The van der Waals surface area contributed by atoms with Crippen molar-refractivity contribution in [2.75, 3.05) is 18.1 Å². The van der Waals surface area contributed by atoms with Crippen molar-refractivity contribution in [3.05, 3.63) is 59.2 Å². The van der Waals surface area contributed by atoms with E-state index in [1.165, 1.54) is 11.1 Å². The summed E-state index contributed by atoms with van der Waals surface area (Å²) in [6.45, 7) is 2.29. The number of aryl methyl sites for hydroxylation is 2. The van der Waals surface area contributed by atoms with Gasteiger partial charge >= 0.3 is 5.97 Å². The van der Waals surface area contributed by atoms with Crippen molar-refractivity contribution < 1.29 is 19.4 Å². The maximum absolute atomic E-state index is 12.9. The van der Waals surface area contributed by atoms with Gasteiger partial charge < -0.3 is 14.7 Å². The normalized spacial score (nSPS) is 13.3. The molecule has 1 N–H and O–H groups in total. The zero-order valence-corrected chi connectivity index (χ0v) is 13.5. The maximum Gasteiger partial charge on any atom is 0.341 e. The molecule has 0 aromatic heterocycles. The van der Waals surface area contributed by atoms with E-state index in [0.717, 1.165) is 18.5 Å². The number of fused-ring (bicyclic) bond motifs is 1. The van der Waals surface area contributed by atoms with Gasteiger partial charge in [-0.05, 0) is 49.6 Å². The summed E-state index contributed by atoms with van der Waals surface area (Å²) in [5.41, 5.74) is 3.82. The molecular weight excluding hydrogens is 306 g/mol. The Morgan fingerprint density at radius 2 is 2.04 bits per heavy atom. The second-order valence-corrected chi connectivity index (χ2v) is 5.90. The van der Waals surface area contributed by atoms with E-state index in [9.17, 15) is 9.59 Å². The van der Waals surface area contributed by atoms with Gasteiger partial charge in [0.25, 0.3) is 5.91 Å². The summed E-state index contributed by atoms with van der Waals surface area (Å²) >= 11 is 0. The summed E-state index contributed by atoms with van der Waals surface area (Å²) < 4.78 is 5.16. The first-order valence-corrected chi connectivity index (χ1v) is 7.90. The highest BCUT2D eigenvalue weighted by Gasteiger charge is 2.23. The number of carbonyl (C=O) groups is 2. The summed E-state index contributed by atoms with van der Waals surface area (Å²) in [4.78, 5) is 25.3. The van der Waals surface area contributed by atoms with Crippen LogP contribution in [0.5, 0.6) is 5.75 Å². The van der Waals surface area contributed by atoms with Gasteiger partial charge in [-0.2, -0.15) is 0 Å². The number of hydrogen-bond donors (Lipinski definition) is 1. The van der Waals surface area contributed by atoms with Crippen LogP contribution in [0.3, 0.4) is 0 Å². The highest BCUT2D eigenvalue weighted by molar-refractivity contribution is 6.07. The van der Waals surface area contributed by atoms with Gasteiger partial charge in [-0.1, -0.05) is 23.8 Å². The molecule has 0 saturated carbocycles. The number of amides is 1. The molecule has 1 amide bonds. The Morgan fingerprint density at radius 1 is 1.21 bits per heavy atom. The number of ether oxygens (including phenoxy) is 1. The molecule has 5 heteroatoms. The molecule has 0 unspecified atom stereocenters. The third-order valence-corrected chi connectivity index (χ3v) is 4.04. The lowest BCUT2D eigenvalue weighted by atomic mass is 9.99. The first-order chi connectivity index (χ1) is 11.5. The minimum Gasteiger partial charge on any atom is -0.482 e. The molecular formula is C19H19NO4. The van der Waals surface area contributed by atoms with Crippen molar-refractivity contribution in [1.82, 2.24) is 0 Å². The lowest BCUT2D eigenvalue weighted by Crippen LogP contribution is -2.35. The van der Waals surface area contributed by atoms with Gasteiger partial charge in [-0.3, -0.25) is 4.79 Å². The average Bonchev–Trinajstić information content (AvgIpc) is 2.58. The standard InChI is InChI=1S/C19H19NO4/c1-13-7-8-17-14(10-13)5-3-9-20(17)19(23)15-4-2-6-16(11-15)24-12-18(21)22/h2,4,6-8,10-11H,3,5,9,12H2,1H3,(H,21,22). The molecule has 0 spiro atoms. The number of rotatable bonds is 4. The molecule has 2 aromatic carbocycles. The molecule has 124 valence electrons. The summed E-state index contributed by atoms with van der Waals surface area (Å²) in [6, 6.07) is 12.8. The number of carboxylic acid groups (broad SMARTS) is 1. The van der Waals surface area contributed by atoms with E-state index in [-0.39, 0.29) is 5.91 Å². The molecule has 2 aromatic rings. The van der Waals surface area contributed by atoms with Gasteiger partial charge in [0.2, 0.25) is 0 Å². The molecule has 1 heterocycles. The van der Waals surface area contributed by atoms with Crippen molar-refractivity contribution in [3.63, 3.8) is 0 Å². The Bertz CT molecular complexity index is 785. The topological polar surface area (TPSA) is 66.8 Å². The molecule has 5 nitrogen and oxygen atoms in total. The van der Waals surface area contributed by atoms with Crippen LogP contribution in [0.15, 0.2) is 42.5 Å². The first kappa shape index (κ1) is 16.1. The summed E-state index contributed by atoms with van der Waals surface area (Å²) in [5, 5.41) is 8.69. The predicted octanol–water partition coefficient (Wildman–Crippen LogP) is 3.05. The number of hydrogen-bond acceptors (Lipinski definition) is 3. The van der Waals surface area contributed by atoms with Crippen LogP contribution < -0.4 is 9.64 Å². The number of carboxylic acids is 1. The zero-order chi connectivity index (χ0) is 17.1. The lowest BCUT2D eigenvalue weighted by Gasteiger charge is -2.30. The molecule has 1 aliphatic rings. The fourth-order valence-corrected chi connectivity index (χ4v) is 2.96. The largest absolute Gasteiger partial charge is 0.482 e. The smallest absolute Gasteiger partial charge is 0.341 e. The van der Waals surface area contributed by atoms with Crippen molar-refractivity contribution in [2.24, 2.45) is 0 Å². The van der Waals surface area contributed by atoms with Crippen molar-refractivity contribution in [1.29, 1.82) is 0 Å². The third kappa shape index (κ3) is 3.40. The highest BCUT2D eigenvalue weighted by atomic mass is 16.5. The van der Waals surface area contributed by atoms with Crippen LogP contribution in [-0.4, -0.2) is 30.1 Å². The van der Waals surface area contributed by atoms with Crippen molar-refractivity contribution in [3.8, 4) is 5.75 Å². The Labute approximate surface area is 140 Å². The second-order valence-electron chi connectivity index (χ2n) is 5.90. The van der Waals surface area contributed by atoms with E-state index in [1.54, 1.807) is 29.2 Å². The fraction of sp³-hybridized carbons (Fsp3) is 0.263. The van der Waals surface area contributed by atoms with Crippen LogP contribution >= 0.6 is 0 Å². The van der Waals surface area contributed by atoms with Crippen LogP contribution in [-0.2, 0) is 11.2 Å². The SMILES string of the molecule is Cc1ccc2c(c1)CCCN2C(=O)c1cccc(OCC(=O)O)c1. The molecule has 3 rings (SSSR count). The van der Waals surface area contributed by atoms with Crippen molar-refractivity contribution in [2.45, 2.75) is 19.8 Å². The van der Waals surface area contributed by atoms with Crippen LogP contribution in [0.1, 0.15) is 27.9 Å². The molecule has 1 aliphatic heterocycles. The third-order valence-electron chi connectivity index (χ3n) is 4.04. The number of aliphatic carboxylic acids is 1. The Hall–Kier alpha value is -2.82. The van der Waals surface area contributed by atoms with E-state index in [2.05, 4.69) is 6.07 Å². The number of nitrogens with zero attached hydrogens (tertiary/aromatic N) is 1. The predicted molar refractivity (Wildman–Crippen MR) is 90.7 cm³/mol. The fourth-order valence-electron chi connectivity index (χ4n) is 2.96. The minimum atomic E-state index is -1.05. The first-order valence-electron chi connectivity index (χ1n) is 7.90. The minimum absolute atomic E-state index is 0.0967. The van der Waals surface area contributed by atoms with Crippen LogP contribution in [0, 0.1) is 6.92 Å². The maximum atomic E-state index is 12.9. The van der Waals surface area contributed by atoms with Gasteiger partial charge in [0, 0.05) is 17.8 Å². The van der Waals surface area contributed by atoms with Gasteiger partial charge in [-0.15, -0.1) is 0 Å². The quantitative estimate of drug-likeness (QED) is 0.938. The summed E-state index contributed by atoms with van der Waals surface area (Å²) in [6.07, 6.45) is 1.90. The zero-order valence-electron chi connectivity index (χ0n) is 13.5. The van der Waals surface area contributed by atoms with Gasteiger partial charge in [0.05, 0.1) is 0 Å². The second kappa shape index (κ2) is 6.74. The molecule has 0 aliphatic carbocycles. The number of carbonyl (C=O) groups excluding carboxylic acids is 1.